The second-order valence-electron chi connectivity index (χ2n) is 12.6. The van der Waals surface area contributed by atoms with Crippen LogP contribution in [-0.4, -0.2) is 0 Å². The summed E-state index contributed by atoms with van der Waals surface area (Å²) in [6, 6.07) is 62.2. The van der Waals surface area contributed by atoms with Crippen molar-refractivity contribution in [3.05, 3.63) is 176 Å². The minimum atomic E-state index is 0.864. The molecule has 0 aliphatic carbocycles. The minimum absolute atomic E-state index is 0.864. The van der Waals surface area contributed by atoms with E-state index < -0.39 is 0 Å². The summed E-state index contributed by atoms with van der Waals surface area (Å²) in [6.45, 7) is 0. The molecule has 0 spiro atoms. The molecule has 2 heterocycles. The number of benzene rings is 8. The molecule has 0 aliphatic heterocycles. The molecule has 230 valence electrons. The maximum absolute atomic E-state index is 6.37. The predicted molar refractivity (Wildman–Crippen MR) is 204 cm³/mol. The van der Waals surface area contributed by atoms with Gasteiger partial charge in [-0.1, -0.05) is 109 Å². The smallest absolute Gasteiger partial charge is 0.137 e. The third-order valence-electron chi connectivity index (χ3n) is 9.62. The molecule has 0 saturated carbocycles. The van der Waals surface area contributed by atoms with Gasteiger partial charge in [0.15, 0.2) is 0 Å². The molecule has 8 aromatic carbocycles. The summed E-state index contributed by atoms with van der Waals surface area (Å²) >= 11 is 0. The van der Waals surface area contributed by atoms with Crippen LogP contribution in [0.25, 0.3) is 76.9 Å². The van der Waals surface area contributed by atoms with Gasteiger partial charge in [-0.25, -0.2) is 0 Å². The molecule has 0 N–H and O–H groups in total. The van der Waals surface area contributed by atoms with E-state index in [2.05, 4.69) is 157 Å². The van der Waals surface area contributed by atoms with Crippen molar-refractivity contribution in [1.29, 1.82) is 0 Å². The number of para-hydroxylation sites is 2. The van der Waals surface area contributed by atoms with Crippen LogP contribution in [0.15, 0.2) is 185 Å². The first-order valence-corrected chi connectivity index (χ1v) is 16.6. The van der Waals surface area contributed by atoms with Gasteiger partial charge in [0.25, 0.3) is 0 Å². The number of rotatable bonds is 5. The zero-order chi connectivity index (χ0) is 32.3. The molecule has 0 radical (unpaired) electrons. The van der Waals surface area contributed by atoms with Crippen molar-refractivity contribution >= 4 is 71.7 Å². The van der Waals surface area contributed by atoms with E-state index in [9.17, 15) is 0 Å². The Balaban J connectivity index is 1.17. The first-order chi connectivity index (χ1) is 24.3. The van der Waals surface area contributed by atoms with Crippen molar-refractivity contribution in [3.8, 4) is 22.3 Å². The maximum atomic E-state index is 6.37. The fraction of sp³-hybridized carbons (Fsp3) is 0. The van der Waals surface area contributed by atoms with E-state index in [4.69, 9.17) is 8.83 Å². The first-order valence-electron chi connectivity index (χ1n) is 16.6. The molecule has 10 rings (SSSR count). The molecule has 49 heavy (non-hydrogen) atoms. The zero-order valence-electron chi connectivity index (χ0n) is 26.5. The summed E-state index contributed by atoms with van der Waals surface area (Å²) in [5.41, 5.74) is 11.3. The average molecular weight is 628 g/mol. The van der Waals surface area contributed by atoms with E-state index in [-0.39, 0.29) is 0 Å². The van der Waals surface area contributed by atoms with E-state index in [0.29, 0.717) is 0 Å². The Kier molecular flexibility index (Phi) is 6.18. The Morgan fingerprint density at radius 2 is 0.878 bits per heavy atom. The molecule has 0 unspecified atom stereocenters. The highest BCUT2D eigenvalue weighted by atomic mass is 16.3. The van der Waals surface area contributed by atoms with Crippen LogP contribution in [-0.2, 0) is 0 Å². The largest absolute Gasteiger partial charge is 0.456 e. The van der Waals surface area contributed by atoms with Gasteiger partial charge in [0, 0.05) is 27.5 Å². The summed E-state index contributed by atoms with van der Waals surface area (Å²) in [5.74, 6) is 0. The molecule has 3 heteroatoms. The molecule has 0 amide bonds. The van der Waals surface area contributed by atoms with Gasteiger partial charge < -0.3 is 13.7 Å². The number of hydrogen-bond acceptors (Lipinski definition) is 3. The lowest BCUT2D eigenvalue weighted by atomic mass is 9.99. The van der Waals surface area contributed by atoms with Crippen molar-refractivity contribution in [2.75, 3.05) is 4.90 Å². The number of hydrogen-bond donors (Lipinski definition) is 0. The summed E-state index contributed by atoms with van der Waals surface area (Å²) in [4.78, 5) is 2.37. The van der Waals surface area contributed by atoms with Crippen LogP contribution in [0.5, 0.6) is 0 Å². The Morgan fingerprint density at radius 1 is 0.327 bits per heavy atom. The van der Waals surface area contributed by atoms with E-state index in [0.717, 1.165) is 77.6 Å². The van der Waals surface area contributed by atoms with Gasteiger partial charge in [0.2, 0.25) is 0 Å². The van der Waals surface area contributed by atoms with Gasteiger partial charge in [0.05, 0.1) is 11.1 Å². The fourth-order valence-corrected chi connectivity index (χ4v) is 7.29. The molecule has 0 atom stereocenters. The normalized spacial score (nSPS) is 11.7. The number of anilines is 3. The van der Waals surface area contributed by atoms with Gasteiger partial charge in [-0.15, -0.1) is 0 Å². The fourth-order valence-electron chi connectivity index (χ4n) is 7.29. The van der Waals surface area contributed by atoms with E-state index in [1.165, 1.54) is 16.3 Å². The Morgan fingerprint density at radius 3 is 1.67 bits per heavy atom. The molecule has 0 fully saturated rings. The van der Waals surface area contributed by atoms with E-state index in [1.807, 2.05) is 24.3 Å². The van der Waals surface area contributed by atoms with Crippen LogP contribution in [0.2, 0.25) is 0 Å². The van der Waals surface area contributed by atoms with Crippen LogP contribution in [0, 0.1) is 0 Å². The van der Waals surface area contributed by atoms with Crippen LogP contribution >= 0.6 is 0 Å². The lowest BCUT2D eigenvalue weighted by molar-refractivity contribution is 0.668. The predicted octanol–water partition coefficient (Wildman–Crippen LogP) is 13.4. The highest BCUT2D eigenvalue weighted by Crippen LogP contribution is 2.44. The number of furan rings is 2. The summed E-state index contributed by atoms with van der Waals surface area (Å²) in [6.07, 6.45) is 0. The standard InChI is InChI=1S/C46H29NO2/c1-2-11-31-26-34(23-22-30(31)10-1)32-12-7-14-36(27-32)47(41-18-9-21-45-46(41)39-17-4-6-20-43(39)49-45)37-15-8-13-33(28-37)35-24-25-44-40(29-35)38-16-3-5-19-42(38)48-44/h1-29H. The molecule has 0 bridgehead atoms. The van der Waals surface area contributed by atoms with Crippen molar-refractivity contribution in [1.82, 2.24) is 0 Å². The molecular formula is C46H29NO2. The molecule has 3 nitrogen and oxygen atoms in total. The average Bonchev–Trinajstić information content (AvgIpc) is 3.74. The van der Waals surface area contributed by atoms with Crippen LogP contribution < -0.4 is 4.90 Å². The van der Waals surface area contributed by atoms with Crippen LogP contribution in [0.1, 0.15) is 0 Å². The maximum Gasteiger partial charge on any atom is 0.137 e. The number of nitrogens with zero attached hydrogens (tertiary/aromatic N) is 1. The third-order valence-corrected chi connectivity index (χ3v) is 9.62. The highest BCUT2D eigenvalue weighted by molar-refractivity contribution is 6.13. The number of fused-ring (bicyclic) bond motifs is 7. The van der Waals surface area contributed by atoms with Crippen molar-refractivity contribution in [3.63, 3.8) is 0 Å². The lowest BCUT2D eigenvalue weighted by Gasteiger charge is -2.27. The zero-order valence-corrected chi connectivity index (χ0v) is 26.5. The van der Waals surface area contributed by atoms with Gasteiger partial charge in [0.1, 0.15) is 22.3 Å². The topological polar surface area (TPSA) is 29.5 Å². The summed E-state index contributed by atoms with van der Waals surface area (Å²) in [7, 11) is 0. The van der Waals surface area contributed by atoms with Gasteiger partial charge >= 0.3 is 0 Å². The quantitative estimate of drug-likeness (QED) is 0.190. The van der Waals surface area contributed by atoms with Gasteiger partial charge in [-0.3, -0.25) is 0 Å². The van der Waals surface area contributed by atoms with E-state index >= 15 is 0 Å². The van der Waals surface area contributed by atoms with E-state index in [1.54, 1.807) is 0 Å². The Labute approximate surface area is 282 Å². The summed E-state index contributed by atoms with van der Waals surface area (Å²) in [5, 5.41) is 6.89. The van der Waals surface area contributed by atoms with Crippen LogP contribution in [0.3, 0.4) is 0 Å². The molecule has 10 aromatic rings. The molecule has 2 aromatic heterocycles. The van der Waals surface area contributed by atoms with Gasteiger partial charge in [-0.05, 0) is 99.8 Å². The second kappa shape index (κ2) is 11.0. The Hall–Kier alpha value is -6.58. The van der Waals surface area contributed by atoms with Crippen molar-refractivity contribution in [2.24, 2.45) is 0 Å². The SMILES string of the molecule is c1cc(-c2ccc3ccccc3c2)cc(N(c2cccc(-c3ccc4oc5ccccc5c4c3)c2)c2cccc3oc4ccccc4c23)c1. The lowest BCUT2D eigenvalue weighted by Crippen LogP contribution is -2.10. The van der Waals surface area contributed by atoms with Gasteiger partial charge in [-0.2, -0.15) is 0 Å². The third kappa shape index (κ3) is 4.59. The first kappa shape index (κ1) is 27.5. The van der Waals surface area contributed by atoms with Crippen molar-refractivity contribution < 1.29 is 8.83 Å². The summed E-state index contributed by atoms with van der Waals surface area (Å²) < 4.78 is 12.5. The van der Waals surface area contributed by atoms with Crippen molar-refractivity contribution in [2.45, 2.75) is 0 Å². The minimum Gasteiger partial charge on any atom is -0.456 e. The monoisotopic (exact) mass is 627 g/mol. The molecule has 0 aliphatic rings. The molecule has 0 saturated heterocycles. The van der Waals surface area contributed by atoms with Crippen LogP contribution in [0.4, 0.5) is 17.1 Å². The molecular weight excluding hydrogens is 599 g/mol. The second-order valence-corrected chi connectivity index (χ2v) is 12.6. The Bertz CT molecular complexity index is 2860. The highest BCUT2D eigenvalue weighted by Gasteiger charge is 2.20.